The lowest BCUT2D eigenvalue weighted by Crippen LogP contribution is -2.04. The number of rotatable bonds is 1. The molecule has 0 aliphatic carbocycles. The highest BCUT2D eigenvalue weighted by molar-refractivity contribution is 7.17. The number of carboxylic acids is 1. The maximum atomic E-state index is 10.8. The minimum atomic E-state index is -1.01. The second kappa shape index (κ2) is 2.95. The molecule has 0 aliphatic rings. The van der Waals surface area contributed by atoms with Gasteiger partial charge < -0.3 is 10.8 Å². The van der Waals surface area contributed by atoms with Gasteiger partial charge in [-0.15, -0.1) is 11.3 Å². The molecular weight excluding hydrogens is 200 g/mol. The average Bonchev–Trinajstić information content (AvgIpc) is 2.58. The van der Waals surface area contributed by atoms with Crippen molar-refractivity contribution >= 4 is 33.2 Å². The summed E-state index contributed by atoms with van der Waals surface area (Å²) in [7, 11) is 0. The van der Waals surface area contributed by atoms with Crippen LogP contribution in [0, 0.1) is 6.92 Å². The lowest BCUT2D eigenvalue weighted by molar-refractivity contribution is 0.0698. The van der Waals surface area contributed by atoms with Gasteiger partial charge in [-0.05, 0) is 18.6 Å². The highest BCUT2D eigenvalue weighted by Gasteiger charge is 2.14. The molecule has 0 radical (unpaired) electrons. The molecule has 72 valence electrons. The zero-order valence-electron chi connectivity index (χ0n) is 7.44. The molecule has 0 atom stereocenters. The van der Waals surface area contributed by atoms with E-state index in [4.69, 9.17) is 10.8 Å². The number of thiazole rings is 1. The van der Waals surface area contributed by atoms with Crippen molar-refractivity contribution in [2.45, 2.75) is 6.92 Å². The fraction of sp³-hybridized carbons (Fsp3) is 0.111. The minimum Gasteiger partial charge on any atom is -0.478 e. The predicted octanol–water partition coefficient (Wildman–Crippen LogP) is 1.89. The number of carbonyl (C=O) groups is 1. The highest BCUT2D eigenvalue weighted by Crippen LogP contribution is 2.29. The van der Waals surface area contributed by atoms with Crippen LogP contribution in [0.4, 0.5) is 5.69 Å². The van der Waals surface area contributed by atoms with E-state index in [0.717, 1.165) is 10.3 Å². The quantitative estimate of drug-likeness (QED) is 0.701. The number of anilines is 1. The second-order valence-electron chi connectivity index (χ2n) is 2.97. The van der Waals surface area contributed by atoms with E-state index in [1.807, 2.05) is 6.92 Å². The molecule has 14 heavy (non-hydrogen) atoms. The zero-order chi connectivity index (χ0) is 10.3. The van der Waals surface area contributed by atoms with E-state index in [1.165, 1.54) is 17.4 Å². The van der Waals surface area contributed by atoms with Gasteiger partial charge in [-0.2, -0.15) is 0 Å². The summed E-state index contributed by atoms with van der Waals surface area (Å²) in [6.07, 6.45) is 0. The summed E-state index contributed by atoms with van der Waals surface area (Å²) in [6, 6.07) is 1.51. The van der Waals surface area contributed by atoms with E-state index in [0.29, 0.717) is 11.2 Å². The monoisotopic (exact) mass is 208 g/mol. The fourth-order valence-electron chi connectivity index (χ4n) is 1.35. The molecular formula is C9H8N2O2S. The first kappa shape index (κ1) is 8.96. The number of aromatic carboxylic acids is 1. The van der Waals surface area contributed by atoms with Crippen LogP contribution in [-0.4, -0.2) is 16.1 Å². The number of fused-ring (bicyclic) bond motifs is 1. The van der Waals surface area contributed by atoms with Gasteiger partial charge >= 0.3 is 5.97 Å². The molecule has 0 bridgehead atoms. The summed E-state index contributed by atoms with van der Waals surface area (Å²) in [5, 5.41) is 8.88. The Hall–Kier alpha value is -1.62. The van der Waals surface area contributed by atoms with Crippen molar-refractivity contribution in [3.63, 3.8) is 0 Å². The molecule has 0 unspecified atom stereocenters. The molecule has 2 rings (SSSR count). The number of aromatic nitrogens is 1. The van der Waals surface area contributed by atoms with Crippen molar-refractivity contribution in [2.75, 3.05) is 5.73 Å². The third-order valence-electron chi connectivity index (χ3n) is 2.14. The van der Waals surface area contributed by atoms with Crippen molar-refractivity contribution in [2.24, 2.45) is 0 Å². The Balaban J connectivity index is 2.87. The number of nitrogens with two attached hydrogens (primary N) is 1. The van der Waals surface area contributed by atoms with Gasteiger partial charge in [-0.3, -0.25) is 0 Å². The number of nitrogen functional groups attached to an aromatic ring is 1. The van der Waals surface area contributed by atoms with Crippen LogP contribution in [0.15, 0.2) is 11.6 Å². The van der Waals surface area contributed by atoms with Crippen molar-refractivity contribution in [3.8, 4) is 0 Å². The molecule has 0 aliphatic heterocycles. The molecule has 1 aromatic carbocycles. The van der Waals surface area contributed by atoms with Crippen LogP contribution in [0.5, 0.6) is 0 Å². The van der Waals surface area contributed by atoms with Crippen molar-refractivity contribution in [1.82, 2.24) is 4.98 Å². The SMILES string of the molecule is Cc1c(N)c(C(=O)O)cc2ncsc12. The summed E-state index contributed by atoms with van der Waals surface area (Å²) in [4.78, 5) is 14.9. The van der Waals surface area contributed by atoms with Crippen LogP contribution >= 0.6 is 11.3 Å². The van der Waals surface area contributed by atoms with E-state index >= 15 is 0 Å². The highest BCUT2D eigenvalue weighted by atomic mass is 32.1. The first-order valence-corrected chi connectivity index (χ1v) is 4.85. The van der Waals surface area contributed by atoms with Crippen LogP contribution in [0.1, 0.15) is 15.9 Å². The molecule has 5 heteroatoms. The maximum absolute atomic E-state index is 10.8. The summed E-state index contributed by atoms with van der Waals surface area (Å²) < 4.78 is 0.951. The Labute approximate surface area is 84.0 Å². The van der Waals surface area contributed by atoms with Gasteiger partial charge in [-0.1, -0.05) is 0 Å². The van der Waals surface area contributed by atoms with Crippen LogP contribution in [0.2, 0.25) is 0 Å². The summed E-state index contributed by atoms with van der Waals surface area (Å²) in [5.74, 6) is -1.01. The van der Waals surface area contributed by atoms with Crippen molar-refractivity contribution < 1.29 is 9.90 Å². The van der Waals surface area contributed by atoms with Gasteiger partial charge in [0.05, 0.1) is 27.0 Å². The standard InChI is InChI=1S/C9H8N2O2S/c1-4-7(10)5(9(12)13)2-6-8(4)14-3-11-6/h2-3H,10H2,1H3,(H,12,13). The molecule has 0 fully saturated rings. The van der Waals surface area contributed by atoms with Crippen molar-refractivity contribution in [3.05, 3.63) is 22.7 Å². The Morgan fingerprint density at radius 3 is 3.00 bits per heavy atom. The van der Waals surface area contributed by atoms with E-state index < -0.39 is 5.97 Å². The molecule has 2 aromatic rings. The largest absolute Gasteiger partial charge is 0.478 e. The number of nitrogens with zero attached hydrogens (tertiary/aromatic N) is 1. The minimum absolute atomic E-state index is 0.126. The molecule has 4 nitrogen and oxygen atoms in total. The number of hydrogen-bond acceptors (Lipinski definition) is 4. The number of benzene rings is 1. The van der Waals surface area contributed by atoms with E-state index in [1.54, 1.807) is 5.51 Å². The molecule has 0 saturated heterocycles. The maximum Gasteiger partial charge on any atom is 0.337 e. The third kappa shape index (κ3) is 1.13. The normalized spacial score (nSPS) is 10.6. The Morgan fingerprint density at radius 1 is 1.64 bits per heavy atom. The molecule has 0 spiro atoms. The lowest BCUT2D eigenvalue weighted by atomic mass is 10.1. The lowest BCUT2D eigenvalue weighted by Gasteiger charge is -2.04. The van der Waals surface area contributed by atoms with E-state index in [9.17, 15) is 4.79 Å². The smallest absolute Gasteiger partial charge is 0.337 e. The number of aryl methyl sites for hydroxylation is 1. The van der Waals surface area contributed by atoms with Crippen LogP contribution < -0.4 is 5.73 Å². The number of hydrogen-bond donors (Lipinski definition) is 2. The fourth-order valence-corrected chi connectivity index (χ4v) is 2.14. The van der Waals surface area contributed by atoms with E-state index in [-0.39, 0.29) is 5.56 Å². The van der Waals surface area contributed by atoms with Gasteiger partial charge in [-0.25, -0.2) is 9.78 Å². The molecule has 1 aromatic heterocycles. The summed E-state index contributed by atoms with van der Waals surface area (Å²) in [6.45, 7) is 1.81. The average molecular weight is 208 g/mol. The zero-order valence-corrected chi connectivity index (χ0v) is 8.26. The summed E-state index contributed by atoms with van der Waals surface area (Å²) >= 11 is 1.46. The third-order valence-corrected chi connectivity index (χ3v) is 3.10. The first-order chi connectivity index (χ1) is 6.61. The predicted molar refractivity (Wildman–Crippen MR) is 55.7 cm³/mol. The topological polar surface area (TPSA) is 76.2 Å². The first-order valence-electron chi connectivity index (χ1n) is 3.97. The van der Waals surface area contributed by atoms with Gasteiger partial charge in [0.2, 0.25) is 0 Å². The van der Waals surface area contributed by atoms with Gasteiger partial charge in [0.1, 0.15) is 0 Å². The second-order valence-corrected chi connectivity index (χ2v) is 3.82. The van der Waals surface area contributed by atoms with Gasteiger partial charge in [0.25, 0.3) is 0 Å². The van der Waals surface area contributed by atoms with Crippen LogP contribution in [0.25, 0.3) is 10.2 Å². The van der Waals surface area contributed by atoms with Gasteiger partial charge in [0, 0.05) is 0 Å². The Kier molecular flexibility index (Phi) is 1.89. The van der Waals surface area contributed by atoms with Crippen LogP contribution in [0.3, 0.4) is 0 Å². The van der Waals surface area contributed by atoms with E-state index in [2.05, 4.69) is 4.98 Å². The summed E-state index contributed by atoms with van der Waals surface area (Å²) in [5.41, 5.74) is 9.33. The molecule has 0 saturated carbocycles. The Morgan fingerprint density at radius 2 is 2.36 bits per heavy atom. The van der Waals surface area contributed by atoms with Crippen LogP contribution in [-0.2, 0) is 0 Å². The molecule has 0 amide bonds. The Bertz CT molecular complexity index is 519. The van der Waals surface area contributed by atoms with Crippen molar-refractivity contribution in [1.29, 1.82) is 0 Å². The van der Waals surface area contributed by atoms with Gasteiger partial charge in [0.15, 0.2) is 0 Å². The molecule has 3 N–H and O–H groups in total. The molecule has 1 heterocycles. The number of carboxylic acid groups (broad SMARTS) is 1.